The summed E-state index contributed by atoms with van der Waals surface area (Å²) in [6.07, 6.45) is 6.06. The summed E-state index contributed by atoms with van der Waals surface area (Å²) in [6.45, 7) is 4.95. The highest BCUT2D eigenvalue weighted by molar-refractivity contribution is 5.85. The first-order valence-electron chi connectivity index (χ1n) is 6.88. The Hall–Kier alpha value is -3.02. The highest BCUT2D eigenvalue weighted by Gasteiger charge is 2.12. The average Bonchev–Trinajstić information content (AvgIpc) is 3.08. The van der Waals surface area contributed by atoms with Gasteiger partial charge in [0, 0.05) is 12.8 Å². The quantitative estimate of drug-likeness (QED) is 0.581. The smallest absolute Gasteiger partial charge is 0.234 e. The number of aliphatic imine (C=N–C) groups is 1. The molecule has 1 heterocycles. The van der Waals surface area contributed by atoms with Crippen molar-refractivity contribution in [3.05, 3.63) is 85.6 Å². The molecule has 1 saturated heterocycles. The van der Waals surface area contributed by atoms with Crippen LogP contribution in [0.2, 0.25) is 0 Å². The van der Waals surface area contributed by atoms with Gasteiger partial charge in [-0.2, -0.15) is 0 Å². The van der Waals surface area contributed by atoms with Gasteiger partial charge in [0.05, 0.1) is 11.4 Å². The van der Waals surface area contributed by atoms with Crippen molar-refractivity contribution in [1.29, 1.82) is 0 Å². The Bertz CT molecular complexity index is 710. The molecule has 14 radical (unpaired) electrons. The summed E-state index contributed by atoms with van der Waals surface area (Å²) in [4.78, 5) is 4.21. The van der Waals surface area contributed by atoms with E-state index in [0.717, 1.165) is 16.8 Å². The van der Waals surface area contributed by atoms with E-state index in [4.69, 9.17) is 11.1 Å². The van der Waals surface area contributed by atoms with E-state index in [-0.39, 0.29) is 0 Å². The van der Waals surface area contributed by atoms with Gasteiger partial charge in [0.15, 0.2) is 13.1 Å². The van der Waals surface area contributed by atoms with Crippen molar-refractivity contribution < 1.29 is 0 Å². The molecule has 110 valence electrons. The maximum Gasteiger partial charge on any atom is 0.288 e. The molecule has 2 aromatic rings. The molecule has 0 aliphatic carbocycles. The number of hydrogen-bond acceptors (Lipinski definition) is 1. The fraction of sp³-hybridized carbons (Fsp3) is 0. The molecule has 0 spiro atoms. The molecule has 0 bridgehead atoms. The molecule has 1 aliphatic heterocycles. The molecule has 0 atom stereocenters. The third-order valence-electron chi connectivity index (χ3n) is 2.91. The van der Waals surface area contributed by atoms with Gasteiger partial charge < -0.3 is 0 Å². The van der Waals surface area contributed by atoms with Gasteiger partial charge in [0.2, 0.25) is 5.96 Å². The van der Waals surface area contributed by atoms with Gasteiger partial charge in [-0.15, -0.1) is 11.1 Å². The van der Waals surface area contributed by atoms with Crippen molar-refractivity contribution in [3.8, 4) is 0 Å². The fourth-order valence-corrected chi connectivity index (χ4v) is 1.84. The molecule has 2 aromatic carbocycles. The molecule has 6 heteroatoms. The second-order valence-electron chi connectivity index (χ2n) is 4.61. The van der Waals surface area contributed by atoms with Crippen molar-refractivity contribution in [3.63, 3.8) is 0 Å². The van der Waals surface area contributed by atoms with Crippen LogP contribution in [-0.4, -0.2) is 11.9 Å². The summed E-state index contributed by atoms with van der Waals surface area (Å²) < 4.78 is 0. The monoisotopic (exact) mass is 308 g/mol. The lowest BCUT2D eigenvalue weighted by molar-refractivity contribution is 1.18. The lowest BCUT2D eigenvalue weighted by Crippen LogP contribution is -2.11. The average molecular weight is 308 g/mol. The lowest BCUT2D eigenvalue weighted by Gasteiger charge is -2.03. The van der Waals surface area contributed by atoms with E-state index in [1.807, 2.05) is 24.3 Å². The second-order valence-corrected chi connectivity index (χ2v) is 4.61. The van der Waals surface area contributed by atoms with Crippen LogP contribution in [0.15, 0.2) is 53.5 Å². The highest BCUT2D eigenvalue weighted by atomic mass is 15.2. The van der Waals surface area contributed by atoms with E-state index in [2.05, 4.69) is 46.9 Å². The van der Waals surface area contributed by atoms with Gasteiger partial charge in [-0.25, -0.2) is 20.9 Å². The number of hydrogen-bond donors (Lipinski definition) is 0. The molecule has 1 fully saturated rings. The van der Waals surface area contributed by atoms with E-state index < -0.39 is 5.96 Å². The van der Waals surface area contributed by atoms with Crippen LogP contribution < -0.4 is 27.1 Å². The molecule has 0 saturated carbocycles. The van der Waals surface area contributed by atoms with E-state index in [1.165, 1.54) is 0 Å². The van der Waals surface area contributed by atoms with Gasteiger partial charge in [-0.1, -0.05) is 24.3 Å². The minimum Gasteiger partial charge on any atom is -0.234 e. The first-order valence-corrected chi connectivity index (χ1v) is 6.88. The molecular formula is C18H8N6. The van der Waals surface area contributed by atoms with Crippen LogP contribution in [0, 0.1) is 25.9 Å². The largest absolute Gasteiger partial charge is 0.288 e. The highest BCUT2D eigenvalue weighted by Crippen LogP contribution is 2.18. The molecule has 24 heavy (non-hydrogen) atoms. The molecule has 3 rings (SSSR count). The van der Waals surface area contributed by atoms with Gasteiger partial charge in [-0.05, 0) is 35.4 Å². The number of benzene rings is 2. The van der Waals surface area contributed by atoms with Crippen molar-refractivity contribution >= 4 is 23.3 Å². The number of rotatable bonds is 5. The van der Waals surface area contributed by atoms with Gasteiger partial charge in [-0.3, -0.25) is 0 Å². The predicted molar refractivity (Wildman–Crippen MR) is 86.5 cm³/mol. The summed E-state index contributed by atoms with van der Waals surface area (Å²) in [5.74, 6) is -0.646. The Kier molecular flexibility index (Phi) is 4.96. The van der Waals surface area contributed by atoms with Crippen LogP contribution in [0.1, 0.15) is 11.1 Å². The van der Waals surface area contributed by atoms with Gasteiger partial charge in [0.25, 0.3) is 5.96 Å². The third kappa shape index (κ3) is 4.49. The fourth-order valence-electron chi connectivity index (χ4n) is 1.84. The van der Waals surface area contributed by atoms with Crippen LogP contribution in [0.5, 0.6) is 0 Å². The summed E-state index contributed by atoms with van der Waals surface area (Å²) in [5, 5.41) is 19.8. The first kappa shape index (κ1) is 15.9. The molecule has 0 unspecified atom stereocenters. The van der Waals surface area contributed by atoms with E-state index in [1.54, 1.807) is 24.3 Å². The molecule has 0 amide bonds. The van der Waals surface area contributed by atoms with Crippen LogP contribution in [0.4, 0.5) is 11.4 Å². The maximum atomic E-state index is 8.69. The van der Waals surface area contributed by atoms with Crippen LogP contribution >= 0.6 is 0 Å². The lowest BCUT2D eigenvalue weighted by atomic mass is 10.0. The van der Waals surface area contributed by atoms with Crippen LogP contribution in [0.25, 0.3) is 0 Å². The minimum atomic E-state index is -0.970. The standard InChI is InChI=1S/C18H8N6/c19-17(20)23-15-7-3-13(4-8-15)1-2-14-5-9-16(10-6-14)24-18-21-11-12-22-18/h3-10H. The Morgan fingerprint density at radius 2 is 1.33 bits per heavy atom. The van der Waals surface area contributed by atoms with Gasteiger partial charge >= 0.3 is 0 Å². The molecular weight excluding hydrogens is 300 g/mol. The Balaban J connectivity index is 1.54. The zero-order valence-corrected chi connectivity index (χ0v) is 12.3. The topological polar surface area (TPSA) is 99.3 Å². The zero-order chi connectivity index (χ0) is 16.8. The normalized spacial score (nSPS) is 13.1. The van der Waals surface area contributed by atoms with E-state index in [9.17, 15) is 0 Å². The number of guanidine groups is 2. The van der Waals surface area contributed by atoms with E-state index in [0.29, 0.717) is 11.6 Å². The van der Waals surface area contributed by atoms with E-state index >= 15 is 0 Å². The molecule has 0 aromatic heterocycles. The summed E-state index contributed by atoms with van der Waals surface area (Å²) in [6, 6.07) is 14.1. The minimum absolute atomic E-state index is 0.325. The first-order chi connectivity index (χ1) is 11.7. The molecule has 6 nitrogen and oxygen atoms in total. The SMILES string of the molecule is [N]C(=[N])[N]c1ccc([C][C]c2ccc(N=C3[N][C][C][N]3)cc2)cc1. The summed E-state index contributed by atoms with van der Waals surface area (Å²) in [7, 11) is 0. The second kappa shape index (κ2) is 7.50. The van der Waals surface area contributed by atoms with Crippen LogP contribution in [-0.2, 0) is 0 Å². The summed E-state index contributed by atoms with van der Waals surface area (Å²) in [5.41, 5.74) is 11.5. The molecule has 0 N–H and O–H groups in total. The van der Waals surface area contributed by atoms with Crippen molar-refractivity contribution in [2.24, 2.45) is 4.99 Å². The van der Waals surface area contributed by atoms with Crippen LogP contribution in [0.3, 0.4) is 0 Å². The van der Waals surface area contributed by atoms with Crippen molar-refractivity contribution in [1.82, 2.24) is 27.1 Å². The van der Waals surface area contributed by atoms with Gasteiger partial charge in [0.1, 0.15) is 0 Å². The van der Waals surface area contributed by atoms with Crippen molar-refractivity contribution in [2.45, 2.75) is 0 Å². The number of nitrogens with zero attached hydrogens (tertiary/aromatic N) is 6. The predicted octanol–water partition coefficient (Wildman–Crippen LogP) is 0.994. The third-order valence-corrected chi connectivity index (χ3v) is 2.91. The zero-order valence-electron chi connectivity index (χ0n) is 12.3. The Labute approximate surface area is 141 Å². The van der Waals surface area contributed by atoms with Crippen molar-refractivity contribution in [2.75, 3.05) is 0 Å². The maximum absolute atomic E-state index is 8.69. The summed E-state index contributed by atoms with van der Waals surface area (Å²) >= 11 is 0. The Morgan fingerprint density at radius 3 is 1.83 bits per heavy atom. The molecule has 1 aliphatic rings. The Morgan fingerprint density at radius 1 is 0.833 bits per heavy atom.